The van der Waals surface area contributed by atoms with Crippen LogP contribution in [-0.2, 0) is 6.54 Å². The van der Waals surface area contributed by atoms with E-state index < -0.39 is 0 Å². The Morgan fingerprint density at radius 2 is 1.93 bits per heavy atom. The average molecular weight is 357 g/mol. The minimum atomic E-state index is -0.160. The maximum Gasteiger partial charge on any atom is 0.274 e. The molecule has 3 rings (SSSR count). The van der Waals surface area contributed by atoms with Crippen molar-refractivity contribution in [3.05, 3.63) is 83.8 Å². The van der Waals surface area contributed by atoms with Gasteiger partial charge in [0.1, 0.15) is 11.5 Å². The van der Waals surface area contributed by atoms with Crippen molar-refractivity contribution in [1.29, 1.82) is 5.26 Å². The van der Waals surface area contributed by atoms with Crippen LogP contribution in [0.25, 0.3) is 0 Å². The summed E-state index contributed by atoms with van der Waals surface area (Å²) in [5.41, 5.74) is 2.65. The van der Waals surface area contributed by atoms with Crippen LogP contribution in [-0.4, -0.2) is 27.3 Å². The molecule has 0 aliphatic carbocycles. The largest absolute Gasteiger partial charge is 0.339 e. The molecule has 0 aliphatic rings. The van der Waals surface area contributed by atoms with E-state index in [9.17, 15) is 4.79 Å². The van der Waals surface area contributed by atoms with Crippen LogP contribution in [0.3, 0.4) is 0 Å². The smallest absolute Gasteiger partial charge is 0.274 e. The van der Waals surface area contributed by atoms with E-state index in [0.717, 1.165) is 11.3 Å². The number of amides is 1. The van der Waals surface area contributed by atoms with Crippen LogP contribution in [0.5, 0.6) is 0 Å². The molecule has 3 aromatic rings. The number of carbonyl (C=O) groups excluding carboxylic acids is 1. The number of hydrogen-bond donors (Lipinski definition) is 1. The Labute approximate surface area is 158 Å². The zero-order valence-electron chi connectivity index (χ0n) is 15.0. The molecule has 2 aromatic carbocycles. The van der Waals surface area contributed by atoms with E-state index in [0.29, 0.717) is 30.2 Å². The molecule has 6 nitrogen and oxygen atoms in total. The standard InChI is InChI=1S/C21H19N5O/c1-2-26(15-16-7-4-3-5-8-16)21(27)19-13-24-20(14-23-19)25-18-10-6-9-17(11-18)12-22/h3-11,13-14H,2,15H2,1H3,(H,24,25). The van der Waals surface area contributed by atoms with Gasteiger partial charge in [0.2, 0.25) is 0 Å². The van der Waals surface area contributed by atoms with Gasteiger partial charge in [-0.3, -0.25) is 4.79 Å². The van der Waals surface area contributed by atoms with Crippen LogP contribution in [0.15, 0.2) is 67.0 Å². The Balaban J connectivity index is 1.70. The number of nitriles is 1. The van der Waals surface area contributed by atoms with Crippen LogP contribution in [0, 0.1) is 11.3 Å². The van der Waals surface area contributed by atoms with E-state index in [1.807, 2.05) is 43.3 Å². The molecule has 27 heavy (non-hydrogen) atoms. The summed E-state index contributed by atoms with van der Waals surface area (Å²) in [5.74, 6) is 0.347. The molecule has 0 saturated heterocycles. The third-order valence-electron chi connectivity index (χ3n) is 4.02. The number of rotatable bonds is 6. The highest BCUT2D eigenvalue weighted by molar-refractivity contribution is 5.92. The molecule has 6 heteroatoms. The van der Waals surface area contributed by atoms with Crippen molar-refractivity contribution in [3.8, 4) is 6.07 Å². The predicted molar refractivity (Wildman–Crippen MR) is 103 cm³/mol. The van der Waals surface area contributed by atoms with Gasteiger partial charge in [0, 0.05) is 18.8 Å². The molecule has 0 bridgehead atoms. The summed E-state index contributed by atoms with van der Waals surface area (Å²) in [6, 6.07) is 19.0. The lowest BCUT2D eigenvalue weighted by molar-refractivity contribution is 0.0746. The van der Waals surface area contributed by atoms with E-state index in [2.05, 4.69) is 21.4 Å². The molecule has 0 fully saturated rings. The fourth-order valence-corrected chi connectivity index (χ4v) is 2.61. The topological polar surface area (TPSA) is 81.9 Å². The van der Waals surface area contributed by atoms with Gasteiger partial charge in [0.05, 0.1) is 24.0 Å². The summed E-state index contributed by atoms with van der Waals surface area (Å²) < 4.78 is 0. The first kappa shape index (κ1) is 18.1. The molecule has 1 aromatic heterocycles. The van der Waals surface area contributed by atoms with Crippen LogP contribution in [0.2, 0.25) is 0 Å². The van der Waals surface area contributed by atoms with Crippen LogP contribution in [0.4, 0.5) is 11.5 Å². The summed E-state index contributed by atoms with van der Waals surface area (Å²) in [7, 11) is 0. The van der Waals surface area contributed by atoms with Crippen molar-refractivity contribution < 1.29 is 4.79 Å². The SMILES string of the molecule is CCN(Cc1ccccc1)C(=O)c1cnc(Nc2cccc(C#N)c2)cn1. The number of benzene rings is 2. The van der Waals surface area contributed by atoms with E-state index in [1.165, 1.54) is 12.4 Å². The van der Waals surface area contributed by atoms with Gasteiger partial charge in [-0.2, -0.15) is 5.26 Å². The van der Waals surface area contributed by atoms with Gasteiger partial charge in [0.25, 0.3) is 5.91 Å². The minimum absolute atomic E-state index is 0.160. The number of aromatic nitrogens is 2. The van der Waals surface area contributed by atoms with Crippen LogP contribution < -0.4 is 5.32 Å². The molecule has 0 radical (unpaired) electrons. The van der Waals surface area contributed by atoms with E-state index in [1.54, 1.807) is 23.1 Å². The molecule has 0 spiro atoms. The zero-order chi connectivity index (χ0) is 19.1. The van der Waals surface area contributed by atoms with Crippen LogP contribution in [0.1, 0.15) is 28.5 Å². The van der Waals surface area contributed by atoms with Gasteiger partial charge in [0.15, 0.2) is 0 Å². The Bertz CT molecular complexity index is 948. The van der Waals surface area contributed by atoms with E-state index in [4.69, 9.17) is 5.26 Å². The van der Waals surface area contributed by atoms with E-state index >= 15 is 0 Å². The molecule has 1 heterocycles. The predicted octanol–water partition coefficient (Wildman–Crippen LogP) is 3.75. The Kier molecular flexibility index (Phi) is 5.75. The average Bonchev–Trinajstić information content (AvgIpc) is 2.73. The number of nitrogens with zero attached hydrogens (tertiary/aromatic N) is 4. The number of carbonyl (C=O) groups is 1. The maximum atomic E-state index is 12.7. The van der Waals surface area contributed by atoms with Gasteiger partial charge in [-0.1, -0.05) is 36.4 Å². The lowest BCUT2D eigenvalue weighted by Crippen LogP contribution is -2.31. The lowest BCUT2D eigenvalue weighted by Gasteiger charge is -2.20. The molecule has 1 amide bonds. The molecule has 134 valence electrons. The first-order valence-corrected chi connectivity index (χ1v) is 8.62. The molecule has 0 unspecified atom stereocenters. The zero-order valence-corrected chi connectivity index (χ0v) is 15.0. The second kappa shape index (κ2) is 8.59. The van der Waals surface area contributed by atoms with Gasteiger partial charge >= 0.3 is 0 Å². The first-order chi connectivity index (χ1) is 13.2. The number of hydrogen-bond acceptors (Lipinski definition) is 5. The van der Waals surface area contributed by atoms with Crippen molar-refractivity contribution in [3.63, 3.8) is 0 Å². The summed E-state index contributed by atoms with van der Waals surface area (Å²) in [6.07, 6.45) is 2.98. The van der Waals surface area contributed by atoms with Gasteiger partial charge in [-0.05, 0) is 30.7 Å². The maximum absolute atomic E-state index is 12.7. The highest BCUT2D eigenvalue weighted by atomic mass is 16.2. The fourth-order valence-electron chi connectivity index (χ4n) is 2.61. The molecular weight excluding hydrogens is 338 g/mol. The molecule has 0 aliphatic heterocycles. The summed E-state index contributed by atoms with van der Waals surface area (Å²) in [4.78, 5) is 22.9. The van der Waals surface area contributed by atoms with Crippen molar-refractivity contribution in [1.82, 2.24) is 14.9 Å². The Hall–Kier alpha value is -3.72. The summed E-state index contributed by atoms with van der Waals surface area (Å²) >= 11 is 0. The lowest BCUT2D eigenvalue weighted by atomic mass is 10.2. The molecular formula is C21H19N5O. The molecule has 1 N–H and O–H groups in total. The van der Waals surface area contributed by atoms with Crippen molar-refractivity contribution >= 4 is 17.4 Å². The second-order valence-corrected chi connectivity index (χ2v) is 5.91. The number of anilines is 2. The third kappa shape index (κ3) is 4.67. The fraction of sp³-hybridized carbons (Fsp3) is 0.143. The molecule has 0 saturated carbocycles. The monoisotopic (exact) mass is 357 g/mol. The van der Waals surface area contributed by atoms with Crippen molar-refractivity contribution in [2.24, 2.45) is 0 Å². The first-order valence-electron chi connectivity index (χ1n) is 8.62. The van der Waals surface area contributed by atoms with Crippen molar-refractivity contribution in [2.45, 2.75) is 13.5 Å². The summed E-state index contributed by atoms with van der Waals surface area (Å²) in [5, 5.41) is 12.0. The quantitative estimate of drug-likeness (QED) is 0.726. The van der Waals surface area contributed by atoms with Crippen LogP contribution >= 0.6 is 0 Å². The van der Waals surface area contributed by atoms with Gasteiger partial charge in [-0.25, -0.2) is 9.97 Å². The minimum Gasteiger partial charge on any atom is -0.339 e. The highest BCUT2D eigenvalue weighted by Gasteiger charge is 2.16. The third-order valence-corrected chi connectivity index (χ3v) is 4.02. The normalized spacial score (nSPS) is 10.1. The highest BCUT2D eigenvalue weighted by Crippen LogP contribution is 2.15. The molecule has 0 atom stereocenters. The van der Waals surface area contributed by atoms with E-state index in [-0.39, 0.29) is 5.91 Å². The summed E-state index contributed by atoms with van der Waals surface area (Å²) in [6.45, 7) is 3.04. The van der Waals surface area contributed by atoms with Gasteiger partial charge < -0.3 is 10.2 Å². The van der Waals surface area contributed by atoms with Crippen molar-refractivity contribution in [2.75, 3.05) is 11.9 Å². The second-order valence-electron chi connectivity index (χ2n) is 5.91. The van der Waals surface area contributed by atoms with Gasteiger partial charge in [-0.15, -0.1) is 0 Å². The Morgan fingerprint density at radius 1 is 1.11 bits per heavy atom. The Morgan fingerprint density at radius 3 is 2.59 bits per heavy atom. The number of nitrogens with one attached hydrogen (secondary N) is 1.